The van der Waals surface area contributed by atoms with Gasteiger partial charge in [0.05, 0.1) is 18.2 Å². The lowest BCUT2D eigenvalue weighted by atomic mass is 9.82. The van der Waals surface area contributed by atoms with Gasteiger partial charge in [-0.1, -0.05) is 41.6 Å². The van der Waals surface area contributed by atoms with Crippen LogP contribution in [0.3, 0.4) is 0 Å². The van der Waals surface area contributed by atoms with Gasteiger partial charge in [-0.2, -0.15) is 4.91 Å². The quantitative estimate of drug-likeness (QED) is 0.414. The van der Waals surface area contributed by atoms with Gasteiger partial charge in [-0.25, -0.2) is 0 Å². The van der Waals surface area contributed by atoms with Gasteiger partial charge in [-0.05, 0) is 72.7 Å². The first kappa shape index (κ1) is 24.5. The first-order valence-corrected chi connectivity index (χ1v) is 12.0. The Bertz CT molecular complexity index is 1160. The SMILES string of the molecule is Cc1ccccc1[C@H](CC(N=O)c1ccnc(CO)c1)c1ccc(N2CCC(C(=O)O)CC2)cc1. The molecule has 182 valence electrons. The van der Waals surface area contributed by atoms with Gasteiger partial charge in [0.1, 0.15) is 6.04 Å². The summed E-state index contributed by atoms with van der Waals surface area (Å²) in [5, 5.41) is 22.2. The first-order chi connectivity index (χ1) is 17.0. The average Bonchev–Trinajstić information content (AvgIpc) is 2.90. The molecule has 35 heavy (non-hydrogen) atoms. The highest BCUT2D eigenvalue weighted by atomic mass is 16.4. The molecule has 1 aliphatic rings. The fraction of sp³-hybridized carbons (Fsp3) is 0.357. The molecule has 4 rings (SSSR count). The third-order valence-electron chi connectivity index (χ3n) is 7.04. The minimum atomic E-state index is -0.709. The summed E-state index contributed by atoms with van der Waals surface area (Å²) < 4.78 is 0. The van der Waals surface area contributed by atoms with Crippen LogP contribution in [0.25, 0.3) is 0 Å². The van der Waals surface area contributed by atoms with E-state index < -0.39 is 12.0 Å². The number of nitrogens with zero attached hydrogens (tertiary/aromatic N) is 3. The van der Waals surface area contributed by atoms with Crippen LogP contribution in [-0.4, -0.2) is 34.3 Å². The van der Waals surface area contributed by atoms with Crippen LogP contribution in [0.4, 0.5) is 5.69 Å². The van der Waals surface area contributed by atoms with Crippen molar-refractivity contribution in [1.82, 2.24) is 4.98 Å². The van der Waals surface area contributed by atoms with E-state index in [1.54, 1.807) is 18.3 Å². The van der Waals surface area contributed by atoms with Crippen molar-refractivity contribution in [2.75, 3.05) is 18.0 Å². The minimum absolute atomic E-state index is 0.0450. The number of aromatic nitrogens is 1. The molecule has 1 unspecified atom stereocenters. The second-order valence-corrected chi connectivity index (χ2v) is 9.20. The number of aliphatic hydroxyl groups excluding tert-OH is 1. The summed E-state index contributed by atoms with van der Waals surface area (Å²) in [4.78, 5) is 29.6. The van der Waals surface area contributed by atoms with E-state index in [-0.39, 0.29) is 18.4 Å². The zero-order valence-electron chi connectivity index (χ0n) is 19.9. The maximum Gasteiger partial charge on any atom is 0.306 e. The van der Waals surface area contributed by atoms with Crippen LogP contribution in [0, 0.1) is 17.7 Å². The summed E-state index contributed by atoms with van der Waals surface area (Å²) in [5.41, 5.74) is 5.72. The number of piperidine rings is 1. The van der Waals surface area contributed by atoms with E-state index in [2.05, 4.69) is 58.4 Å². The highest BCUT2D eigenvalue weighted by Gasteiger charge is 2.26. The lowest BCUT2D eigenvalue weighted by Gasteiger charge is -2.32. The molecule has 3 aromatic rings. The van der Waals surface area contributed by atoms with Crippen LogP contribution in [0.15, 0.2) is 72.0 Å². The Morgan fingerprint density at radius 2 is 1.80 bits per heavy atom. The normalized spacial score (nSPS) is 16.0. The summed E-state index contributed by atoms with van der Waals surface area (Å²) in [6.45, 7) is 3.34. The second kappa shape index (κ2) is 11.2. The van der Waals surface area contributed by atoms with Crippen molar-refractivity contribution in [1.29, 1.82) is 0 Å². The average molecular weight is 474 g/mol. The van der Waals surface area contributed by atoms with E-state index in [1.807, 2.05) is 12.1 Å². The topological polar surface area (TPSA) is 103 Å². The van der Waals surface area contributed by atoms with Crippen LogP contribution >= 0.6 is 0 Å². The molecule has 0 radical (unpaired) electrons. The summed E-state index contributed by atoms with van der Waals surface area (Å²) in [5.74, 6) is -1.01. The van der Waals surface area contributed by atoms with Gasteiger partial charge in [-0.15, -0.1) is 0 Å². The number of aliphatic hydroxyl groups is 1. The van der Waals surface area contributed by atoms with Crippen LogP contribution in [0.1, 0.15) is 59.2 Å². The number of benzene rings is 2. The minimum Gasteiger partial charge on any atom is -0.481 e. The second-order valence-electron chi connectivity index (χ2n) is 9.20. The maximum atomic E-state index is 11.9. The zero-order valence-corrected chi connectivity index (χ0v) is 19.9. The molecule has 1 saturated heterocycles. The van der Waals surface area contributed by atoms with Gasteiger partial charge in [0.15, 0.2) is 0 Å². The molecule has 0 bridgehead atoms. The van der Waals surface area contributed by atoms with E-state index in [9.17, 15) is 19.9 Å². The Kier molecular flexibility index (Phi) is 7.87. The van der Waals surface area contributed by atoms with Crippen molar-refractivity contribution in [3.63, 3.8) is 0 Å². The molecule has 0 aliphatic carbocycles. The van der Waals surface area contributed by atoms with E-state index in [0.717, 1.165) is 41.0 Å². The number of pyridine rings is 1. The van der Waals surface area contributed by atoms with E-state index >= 15 is 0 Å². The Morgan fingerprint density at radius 3 is 2.43 bits per heavy atom. The number of aryl methyl sites for hydroxylation is 1. The van der Waals surface area contributed by atoms with Crippen molar-refractivity contribution in [3.8, 4) is 0 Å². The molecule has 1 fully saturated rings. The molecule has 1 aromatic heterocycles. The lowest BCUT2D eigenvalue weighted by molar-refractivity contribution is -0.142. The predicted molar refractivity (Wildman–Crippen MR) is 135 cm³/mol. The van der Waals surface area contributed by atoms with Gasteiger partial charge in [0.25, 0.3) is 0 Å². The maximum absolute atomic E-state index is 11.9. The number of nitroso groups, excluding NO2 is 1. The summed E-state index contributed by atoms with van der Waals surface area (Å²) in [6.07, 6.45) is 3.39. The third kappa shape index (κ3) is 5.74. The zero-order chi connectivity index (χ0) is 24.8. The highest BCUT2D eigenvalue weighted by Crippen LogP contribution is 2.38. The van der Waals surface area contributed by atoms with Gasteiger partial charge < -0.3 is 15.1 Å². The van der Waals surface area contributed by atoms with E-state index in [0.29, 0.717) is 25.0 Å². The van der Waals surface area contributed by atoms with Crippen LogP contribution in [0.5, 0.6) is 0 Å². The molecular weight excluding hydrogens is 442 g/mol. The van der Waals surface area contributed by atoms with Crippen LogP contribution < -0.4 is 4.90 Å². The third-order valence-corrected chi connectivity index (χ3v) is 7.04. The number of aliphatic carboxylic acids is 1. The molecule has 7 heteroatoms. The smallest absolute Gasteiger partial charge is 0.306 e. The van der Waals surface area contributed by atoms with Crippen molar-refractivity contribution in [3.05, 3.63) is 99.7 Å². The predicted octanol–water partition coefficient (Wildman–Crippen LogP) is 5.21. The lowest BCUT2D eigenvalue weighted by Crippen LogP contribution is -2.36. The summed E-state index contributed by atoms with van der Waals surface area (Å²) in [6, 6.07) is 19.5. The van der Waals surface area contributed by atoms with Crippen molar-refractivity contribution in [2.24, 2.45) is 11.1 Å². The Morgan fingerprint density at radius 1 is 1.09 bits per heavy atom. The van der Waals surface area contributed by atoms with Crippen LogP contribution in [-0.2, 0) is 11.4 Å². The molecular formula is C28H31N3O4. The standard InChI is InChI=1S/C28H31N3O4/c1-19-4-2-3-5-25(19)26(17-27(30-35)22-10-13-29-23(16-22)18-32)20-6-8-24(9-7-20)31-14-11-21(12-15-31)28(33)34/h2-10,13,16,21,26-27,32H,11-12,14-15,17-18H2,1H3,(H,33,34)/t26-,27?/m1/s1. The number of hydrogen-bond donors (Lipinski definition) is 2. The summed E-state index contributed by atoms with van der Waals surface area (Å²) >= 11 is 0. The molecule has 0 saturated carbocycles. The number of carbonyl (C=O) groups is 1. The number of carboxylic acid groups (broad SMARTS) is 1. The van der Waals surface area contributed by atoms with Crippen LogP contribution in [0.2, 0.25) is 0 Å². The highest BCUT2D eigenvalue weighted by molar-refractivity contribution is 5.70. The van der Waals surface area contributed by atoms with Gasteiger partial charge >= 0.3 is 5.97 Å². The Balaban J connectivity index is 1.60. The number of anilines is 1. The number of carboxylic acids is 1. The monoisotopic (exact) mass is 473 g/mol. The molecule has 1 aliphatic heterocycles. The fourth-order valence-electron chi connectivity index (χ4n) is 4.98. The van der Waals surface area contributed by atoms with Gasteiger partial charge in [0, 0.05) is 30.9 Å². The molecule has 2 N–H and O–H groups in total. The first-order valence-electron chi connectivity index (χ1n) is 12.0. The van der Waals surface area contributed by atoms with Crippen molar-refractivity contribution >= 4 is 11.7 Å². The number of rotatable bonds is 9. The largest absolute Gasteiger partial charge is 0.481 e. The molecule has 2 aromatic carbocycles. The molecule has 0 amide bonds. The molecule has 2 atom stereocenters. The van der Waals surface area contributed by atoms with E-state index in [4.69, 9.17) is 0 Å². The van der Waals surface area contributed by atoms with Gasteiger partial charge in [0.2, 0.25) is 0 Å². The number of hydrogen-bond acceptors (Lipinski definition) is 6. The Hall–Kier alpha value is -3.58. The summed E-state index contributed by atoms with van der Waals surface area (Å²) in [7, 11) is 0. The van der Waals surface area contributed by atoms with Gasteiger partial charge in [-0.3, -0.25) is 9.78 Å². The fourth-order valence-corrected chi connectivity index (χ4v) is 4.98. The van der Waals surface area contributed by atoms with E-state index in [1.165, 1.54) is 0 Å². The van der Waals surface area contributed by atoms with Crippen molar-refractivity contribution in [2.45, 2.75) is 44.8 Å². The molecule has 7 nitrogen and oxygen atoms in total. The van der Waals surface area contributed by atoms with Crippen molar-refractivity contribution < 1.29 is 15.0 Å². The Labute approximate surface area is 205 Å². The molecule has 2 heterocycles. The molecule has 0 spiro atoms.